The lowest BCUT2D eigenvalue weighted by Crippen LogP contribution is -2.49. The molecule has 0 radical (unpaired) electrons. The highest BCUT2D eigenvalue weighted by molar-refractivity contribution is 5.75. The molecule has 216 valence electrons. The van der Waals surface area contributed by atoms with Crippen LogP contribution in [0.2, 0.25) is 0 Å². The molecule has 0 N–H and O–H groups in total. The predicted octanol–water partition coefficient (Wildman–Crippen LogP) is 4.84. The number of ether oxygens (including phenoxy) is 5. The number of benzene rings is 2. The zero-order valence-electron chi connectivity index (χ0n) is 23.8. The van der Waals surface area contributed by atoms with Crippen LogP contribution in [-0.2, 0) is 43.2 Å². The Hall–Kier alpha value is -3.10. The smallest absolute Gasteiger partial charge is 0.335 e. The van der Waals surface area contributed by atoms with E-state index in [1.807, 2.05) is 36.4 Å². The molecule has 1 aliphatic carbocycles. The van der Waals surface area contributed by atoms with Crippen molar-refractivity contribution < 1.29 is 33.3 Å². The topological polar surface area (TPSA) is 83.5 Å². The number of piperidine rings is 1. The average molecular weight is 552 g/mol. The summed E-state index contributed by atoms with van der Waals surface area (Å²) in [4.78, 5) is 26.8. The highest BCUT2D eigenvalue weighted by atomic mass is 16.7. The second-order valence-electron chi connectivity index (χ2n) is 11.1. The van der Waals surface area contributed by atoms with Gasteiger partial charge in [0.1, 0.15) is 12.7 Å². The molecule has 2 aromatic carbocycles. The highest BCUT2D eigenvalue weighted by Crippen LogP contribution is 2.44. The molecule has 2 heterocycles. The molecule has 0 amide bonds. The van der Waals surface area contributed by atoms with E-state index in [0.717, 1.165) is 43.5 Å². The summed E-state index contributed by atoms with van der Waals surface area (Å²) < 4.78 is 29.5. The van der Waals surface area contributed by atoms with Crippen molar-refractivity contribution in [1.29, 1.82) is 0 Å². The number of hydrogen-bond donors (Lipinski definition) is 0. The lowest BCUT2D eigenvalue weighted by atomic mass is 9.75. The maximum atomic E-state index is 12.4. The van der Waals surface area contributed by atoms with Crippen LogP contribution in [0.4, 0.5) is 0 Å². The number of carbonyl (C=O) groups excluding carboxylic acids is 2. The van der Waals surface area contributed by atoms with Gasteiger partial charge in [-0.3, -0.25) is 9.69 Å². The van der Waals surface area contributed by atoms with E-state index in [-0.39, 0.29) is 6.42 Å². The average Bonchev–Trinajstić information content (AvgIpc) is 2.96. The van der Waals surface area contributed by atoms with Crippen molar-refractivity contribution in [3.05, 3.63) is 59.2 Å². The van der Waals surface area contributed by atoms with E-state index in [2.05, 4.69) is 17.9 Å². The lowest BCUT2D eigenvalue weighted by molar-refractivity contribution is -0.204. The van der Waals surface area contributed by atoms with E-state index in [0.29, 0.717) is 36.5 Å². The van der Waals surface area contributed by atoms with E-state index in [4.69, 9.17) is 23.7 Å². The third kappa shape index (κ3) is 6.61. The summed E-state index contributed by atoms with van der Waals surface area (Å²) in [5.41, 5.74) is 3.48. The van der Waals surface area contributed by atoms with Gasteiger partial charge < -0.3 is 23.7 Å². The van der Waals surface area contributed by atoms with Crippen LogP contribution in [0, 0.1) is 5.92 Å². The summed E-state index contributed by atoms with van der Waals surface area (Å²) in [5, 5.41) is 0. The zero-order valence-corrected chi connectivity index (χ0v) is 23.8. The number of carbonyl (C=O) groups is 2. The van der Waals surface area contributed by atoms with Crippen molar-refractivity contribution in [3.63, 3.8) is 0 Å². The van der Waals surface area contributed by atoms with Gasteiger partial charge in [-0.05, 0) is 68.3 Å². The molecule has 0 aromatic heterocycles. The van der Waals surface area contributed by atoms with Gasteiger partial charge in [0.15, 0.2) is 17.6 Å². The Morgan fingerprint density at radius 2 is 1.90 bits per heavy atom. The quantitative estimate of drug-likeness (QED) is 0.410. The molecule has 2 aromatic rings. The minimum absolute atomic E-state index is 0.230. The molecule has 5 rings (SSSR count). The van der Waals surface area contributed by atoms with Crippen molar-refractivity contribution >= 4 is 11.9 Å². The number of fused-ring (bicyclic) bond motifs is 2. The van der Waals surface area contributed by atoms with Gasteiger partial charge in [-0.15, -0.1) is 0 Å². The van der Waals surface area contributed by atoms with Gasteiger partial charge in [0, 0.05) is 31.4 Å². The third-order valence-corrected chi connectivity index (χ3v) is 8.29. The van der Waals surface area contributed by atoms with E-state index < -0.39 is 30.4 Å². The molecule has 2 saturated heterocycles. The Labute approximate surface area is 236 Å². The second-order valence-corrected chi connectivity index (χ2v) is 11.1. The standard InChI is InChI=1S/C32H41NO7/c1-4-14-33-15-8-11-24-16-26-23(17-27(24)33)12-13-28(37-20-22-9-6-5-7-10-22)31(26)40-30-19-25(38-21(2)34)18-29(39-30)32(35)36-3/h5-7,9-10,12-13,24-25,27,29-30H,4,8,11,14-20H2,1-3H3/t24?,25-,27+,29-,30-/m0/s1. The van der Waals surface area contributed by atoms with Crippen LogP contribution < -0.4 is 9.47 Å². The first-order valence-electron chi connectivity index (χ1n) is 14.6. The summed E-state index contributed by atoms with van der Waals surface area (Å²) >= 11 is 0. The van der Waals surface area contributed by atoms with E-state index in [1.165, 1.54) is 32.4 Å². The van der Waals surface area contributed by atoms with Crippen LogP contribution in [0.5, 0.6) is 11.5 Å². The minimum Gasteiger partial charge on any atom is -0.485 e. The van der Waals surface area contributed by atoms with Gasteiger partial charge in [-0.1, -0.05) is 43.3 Å². The van der Waals surface area contributed by atoms with Crippen LogP contribution >= 0.6 is 0 Å². The highest BCUT2D eigenvalue weighted by Gasteiger charge is 2.40. The third-order valence-electron chi connectivity index (χ3n) is 8.29. The Balaban J connectivity index is 1.45. The monoisotopic (exact) mass is 551 g/mol. The lowest BCUT2D eigenvalue weighted by Gasteiger charge is -2.45. The summed E-state index contributed by atoms with van der Waals surface area (Å²) in [6.45, 7) is 6.30. The maximum Gasteiger partial charge on any atom is 0.335 e. The van der Waals surface area contributed by atoms with Crippen molar-refractivity contribution in [2.45, 2.75) is 89.9 Å². The molecular formula is C32H41NO7. The summed E-state index contributed by atoms with van der Waals surface area (Å²) in [5.74, 6) is 0.940. The number of methoxy groups -OCH3 is 1. The first-order valence-corrected chi connectivity index (χ1v) is 14.6. The molecule has 2 fully saturated rings. The fourth-order valence-electron chi connectivity index (χ4n) is 6.50. The van der Waals surface area contributed by atoms with Crippen molar-refractivity contribution in [1.82, 2.24) is 4.90 Å². The van der Waals surface area contributed by atoms with E-state index in [1.54, 1.807) is 0 Å². The van der Waals surface area contributed by atoms with Crippen LogP contribution in [0.1, 0.15) is 62.6 Å². The first-order chi connectivity index (χ1) is 19.4. The number of hydrogen-bond acceptors (Lipinski definition) is 8. The van der Waals surface area contributed by atoms with Crippen LogP contribution in [-0.4, -0.2) is 61.6 Å². The number of nitrogens with zero attached hydrogens (tertiary/aromatic N) is 1. The molecule has 40 heavy (non-hydrogen) atoms. The fourth-order valence-corrected chi connectivity index (χ4v) is 6.50. The molecule has 1 unspecified atom stereocenters. The van der Waals surface area contributed by atoms with Crippen LogP contribution in [0.3, 0.4) is 0 Å². The SMILES string of the molecule is CCCN1CCCC2Cc3c(ccc(OCc4ccccc4)c3O[C@H]3C[C@@H](OC(C)=O)C[C@@H](C(=O)OC)O3)C[C@H]21. The molecule has 8 heteroatoms. The summed E-state index contributed by atoms with van der Waals surface area (Å²) in [6.07, 6.45) is 3.77. The Bertz CT molecular complexity index is 1170. The second kappa shape index (κ2) is 13.0. The Morgan fingerprint density at radius 3 is 2.65 bits per heavy atom. The molecule has 8 nitrogen and oxygen atoms in total. The zero-order chi connectivity index (χ0) is 28.1. The number of esters is 2. The summed E-state index contributed by atoms with van der Waals surface area (Å²) in [7, 11) is 1.32. The van der Waals surface area contributed by atoms with E-state index in [9.17, 15) is 9.59 Å². The molecule has 5 atom stereocenters. The number of rotatable bonds is 9. The molecule has 2 aliphatic heterocycles. The molecule has 0 spiro atoms. The largest absolute Gasteiger partial charge is 0.485 e. The first kappa shape index (κ1) is 28.4. The fraction of sp³-hybridized carbons (Fsp3) is 0.562. The van der Waals surface area contributed by atoms with Crippen molar-refractivity contribution in [3.8, 4) is 11.5 Å². The molecular weight excluding hydrogens is 510 g/mol. The number of likely N-dealkylation sites (tertiary alicyclic amines) is 1. The maximum absolute atomic E-state index is 12.4. The molecule has 0 bridgehead atoms. The molecule has 0 saturated carbocycles. The van der Waals surface area contributed by atoms with Gasteiger partial charge >= 0.3 is 11.9 Å². The van der Waals surface area contributed by atoms with Crippen LogP contribution in [0.25, 0.3) is 0 Å². The van der Waals surface area contributed by atoms with Gasteiger partial charge in [0.25, 0.3) is 0 Å². The normalized spacial score (nSPS) is 26.2. The Morgan fingerprint density at radius 1 is 1.07 bits per heavy atom. The van der Waals surface area contributed by atoms with Crippen molar-refractivity contribution in [2.75, 3.05) is 20.2 Å². The van der Waals surface area contributed by atoms with Crippen molar-refractivity contribution in [2.24, 2.45) is 5.92 Å². The van der Waals surface area contributed by atoms with Gasteiger partial charge in [-0.25, -0.2) is 4.79 Å². The van der Waals surface area contributed by atoms with E-state index >= 15 is 0 Å². The van der Waals surface area contributed by atoms with Gasteiger partial charge in [0.05, 0.1) is 7.11 Å². The van der Waals surface area contributed by atoms with Crippen LogP contribution in [0.15, 0.2) is 42.5 Å². The van der Waals surface area contributed by atoms with Gasteiger partial charge in [0.2, 0.25) is 6.29 Å². The Kier molecular flexibility index (Phi) is 9.27. The summed E-state index contributed by atoms with van der Waals surface area (Å²) in [6, 6.07) is 14.7. The molecule has 3 aliphatic rings. The minimum atomic E-state index is -0.883. The predicted molar refractivity (Wildman–Crippen MR) is 149 cm³/mol. The van der Waals surface area contributed by atoms with Gasteiger partial charge in [-0.2, -0.15) is 0 Å².